The van der Waals surface area contributed by atoms with E-state index in [1.54, 1.807) is 12.1 Å². The molecule has 0 aromatic heterocycles. The molecule has 0 aliphatic carbocycles. The maximum absolute atomic E-state index is 13.0. The molecule has 74 valence electrons. The molecular weight excluding hydrogens is 193 g/mol. The highest BCUT2D eigenvalue weighted by molar-refractivity contribution is 5.85. The summed E-state index contributed by atoms with van der Waals surface area (Å²) >= 11 is 0. The zero-order valence-corrected chi connectivity index (χ0v) is 8.45. The van der Waals surface area contributed by atoms with E-state index in [0.29, 0.717) is 0 Å². The van der Waals surface area contributed by atoms with Crippen molar-refractivity contribution in [3.63, 3.8) is 0 Å². The van der Waals surface area contributed by atoms with Gasteiger partial charge in [-0.1, -0.05) is 0 Å². The minimum absolute atomic E-state index is 0. The molecule has 2 nitrogen and oxygen atoms in total. The molecule has 0 fully saturated rings. The van der Waals surface area contributed by atoms with Gasteiger partial charge < -0.3 is 10.1 Å². The van der Waals surface area contributed by atoms with E-state index in [9.17, 15) is 4.39 Å². The molecule has 4 heteroatoms. The minimum Gasteiger partial charge on any atom is -0.494 e. The lowest BCUT2D eigenvalue weighted by atomic mass is 10.3. The van der Waals surface area contributed by atoms with Crippen LogP contribution in [0.2, 0.25) is 0 Å². The average molecular weight is 206 g/mol. The number of rotatable bonds is 3. The van der Waals surface area contributed by atoms with Crippen LogP contribution >= 0.6 is 12.4 Å². The van der Waals surface area contributed by atoms with Crippen LogP contribution in [-0.2, 0) is 0 Å². The van der Waals surface area contributed by atoms with Crippen LogP contribution in [0.15, 0.2) is 18.2 Å². The highest BCUT2D eigenvalue weighted by atomic mass is 35.5. The molecule has 1 aromatic carbocycles. The van der Waals surface area contributed by atoms with E-state index in [1.165, 1.54) is 13.2 Å². The van der Waals surface area contributed by atoms with Crippen LogP contribution in [0, 0.1) is 5.82 Å². The Labute approximate surface area is 83.5 Å². The van der Waals surface area contributed by atoms with Crippen LogP contribution in [0.5, 0.6) is 5.75 Å². The number of nitrogens with one attached hydrogen (secondary N) is 1. The van der Waals surface area contributed by atoms with Crippen molar-refractivity contribution in [2.75, 3.05) is 19.0 Å². The molecule has 0 saturated carbocycles. The number of ether oxygens (including phenoxy) is 1. The first-order chi connectivity index (χ1) is 5.77. The van der Waals surface area contributed by atoms with Gasteiger partial charge in [0.05, 0.1) is 7.11 Å². The Hall–Kier alpha value is -0.960. The fraction of sp³-hybridized carbons (Fsp3) is 0.333. The number of hydrogen-bond donors (Lipinski definition) is 1. The average Bonchev–Trinajstić information content (AvgIpc) is 2.05. The maximum Gasteiger partial charge on any atom is 0.167 e. The van der Waals surface area contributed by atoms with Gasteiger partial charge in [0, 0.05) is 18.3 Å². The van der Waals surface area contributed by atoms with Crippen LogP contribution < -0.4 is 10.1 Å². The van der Waals surface area contributed by atoms with Gasteiger partial charge >= 0.3 is 0 Å². The number of benzene rings is 1. The molecule has 1 N–H and O–H groups in total. The van der Waals surface area contributed by atoms with E-state index in [0.717, 1.165) is 12.2 Å². The van der Waals surface area contributed by atoms with E-state index in [-0.39, 0.29) is 24.0 Å². The molecule has 0 spiro atoms. The predicted molar refractivity (Wildman–Crippen MR) is 54.4 cm³/mol. The summed E-state index contributed by atoms with van der Waals surface area (Å²) in [6.45, 7) is 2.74. The Balaban J connectivity index is 0.00000144. The smallest absolute Gasteiger partial charge is 0.167 e. The topological polar surface area (TPSA) is 21.3 Å². The Morgan fingerprint density at radius 3 is 2.62 bits per heavy atom. The molecule has 1 aromatic rings. The van der Waals surface area contributed by atoms with E-state index < -0.39 is 0 Å². The number of anilines is 1. The summed E-state index contributed by atoms with van der Waals surface area (Å²) in [6, 6.07) is 4.81. The quantitative estimate of drug-likeness (QED) is 0.819. The Kier molecular flexibility index (Phi) is 5.23. The molecule has 0 aliphatic rings. The Morgan fingerprint density at radius 1 is 1.46 bits per heavy atom. The Bertz CT molecular complexity index is 268. The molecule has 0 bridgehead atoms. The first-order valence-electron chi connectivity index (χ1n) is 3.85. The van der Waals surface area contributed by atoms with Crippen molar-refractivity contribution in [1.29, 1.82) is 0 Å². The third-order valence-corrected chi connectivity index (χ3v) is 1.53. The normalized spacial score (nSPS) is 8.85. The van der Waals surface area contributed by atoms with Crippen molar-refractivity contribution in [2.24, 2.45) is 0 Å². The number of hydrogen-bond acceptors (Lipinski definition) is 2. The van der Waals surface area contributed by atoms with Gasteiger partial charge in [-0.05, 0) is 19.1 Å². The summed E-state index contributed by atoms with van der Waals surface area (Å²) in [6.07, 6.45) is 0. The van der Waals surface area contributed by atoms with Gasteiger partial charge in [-0.25, -0.2) is 4.39 Å². The van der Waals surface area contributed by atoms with Crippen LogP contribution in [0.3, 0.4) is 0 Å². The first kappa shape index (κ1) is 12.0. The second-order valence-electron chi connectivity index (χ2n) is 2.38. The van der Waals surface area contributed by atoms with E-state index in [4.69, 9.17) is 4.74 Å². The molecule has 0 saturated heterocycles. The second-order valence-corrected chi connectivity index (χ2v) is 2.38. The van der Waals surface area contributed by atoms with Gasteiger partial charge in [-0.2, -0.15) is 0 Å². The lowest BCUT2D eigenvalue weighted by molar-refractivity contribution is 0.386. The fourth-order valence-corrected chi connectivity index (χ4v) is 0.980. The largest absolute Gasteiger partial charge is 0.494 e. The molecule has 0 aliphatic heterocycles. The molecule has 1 rings (SSSR count). The predicted octanol–water partition coefficient (Wildman–Crippen LogP) is 2.69. The van der Waals surface area contributed by atoms with Crippen molar-refractivity contribution in [2.45, 2.75) is 6.92 Å². The summed E-state index contributed by atoms with van der Waals surface area (Å²) in [4.78, 5) is 0. The second kappa shape index (κ2) is 5.65. The summed E-state index contributed by atoms with van der Waals surface area (Å²) < 4.78 is 17.8. The number of methoxy groups -OCH3 is 1. The first-order valence-corrected chi connectivity index (χ1v) is 3.85. The maximum atomic E-state index is 13.0. The van der Waals surface area contributed by atoms with Gasteiger partial charge in [0.25, 0.3) is 0 Å². The summed E-state index contributed by atoms with van der Waals surface area (Å²) in [7, 11) is 1.45. The van der Waals surface area contributed by atoms with Gasteiger partial charge in [-0.15, -0.1) is 12.4 Å². The van der Waals surface area contributed by atoms with Gasteiger partial charge in [-0.3, -0.25) is 0 Å². The summed E-state index contributed by atoms with van der Waals surface area (Å²) in [5.41, 5.74) is 0.774. The third kappa shape index (κ3) is 3.11. The lowest BCUT2D eigenvalue weighted by Gasteiger charge is -2.05. The fourth-order valence-electron chi connectivity index (χ4n) is 0.980. The van der Waals surface area contributed by atoms with Crippen molar-refractivity contribution in [1.82, 2.24) is 0 Å². The van der Waals surface area contributed by atoms with E-state index in [1.807, 2.05) is 6.92 Å². The zero-order chi connectivity index (χ0) is 8.97. The zero-order valence-electron chi connectivity index (χ0n) is 7.63. The monoisotopic (exact) mass is 205 g/mol. The SMILES string of the molecule is CCNc1ccc(OC)c(F)c1.Cl. The van der Waals surface area contributed by atoms with E-state index >= 15 is 0 Å². The standard InChI is InChI=1S/C9H12FNO.ClH/c1-3-11-7-4-5-9(12-2)8(10)6-7;/h4-6,11H,3H2,1-2H3;1H. The van der Waals surface area contributed by atoms with Crippen molar-refractivity contribution in [3.05, 3.63) is 24.0 Å². The molecule has 0 atom stereocenters. The van der Waals surface area contributed by atoms with Crippen molar-refractivity contribution in [3.8, 4) is 5.75 Å². The van der Waals surface area contributed by atoms with Crippen LogP contribution in [0.1, 0.15) is 6.92 Å². The van der Waals surface area contributed by atoms with Gasteiger partial charge in [0.15, 0.2) is 11.6 Å². The van der Waals surface area contributed by atoms with Gasteiger partial charge in [0.2, 0.25) is 0 Å². The molecule has 0 amide bonds. The molecule has 13 heavy (non-hydrogen) atoms. The van der Waals surface area contributed by atoms with Gasteiger partial charge in [0.1, 0.15) is 0 Å². The third-order valence-electron chi connectivity index (χ3n) is 1.53. The van der Waals surface area contributed by atoms with Crippen molar-refractivity contribution < 1.29 is 9.13 Å². The minimum atomic E-state index is -0.337. The molecular formula is C9H13ClFNO. The highest BCUT2D eigenvalue weighted by Crippen LogP contribution is 2.20. The van der Waals surface area contributed by atoms with Crippen LogP contribution in [-0.4, -0.2) is 13.7 Å². The number of halogens is 2. The van der Waals surface area contributed by atoms with Crippen LogP contribution in [0.4, 0.5) is 10.1 Å². The van der Waals surface area contributed by atoms with Crippen LogP contribution in [0.25, 0.3) is 0 Å². The molecule has 0 radical (unpaired) electrons. The van der Waals surface area contributed by atoms with Crippen molar-refractivity contribution >= 4 is 18.1 Å². The lowest BCUT2D eigenvalue weighted by Crippen LogP contribution is -1.97. The Morgan fingerprint density at radius 2 is 2.15 bits per heavy atom. The highest BCUT2D eigenvalue weighted by Gasteiger charge is 2.01. The summed E-state index contributed by atoms with van der Waals surface area (Å²) in [5.74, 6) is -0.0624. The van der Waals surface area contributed by atoms with E-state index in [2.05, 4.69) is 5.32 Å². The molecule has 0 unspecified atom stereocenters. The summed E-state index contributed by atoms with van der Waals surface area (Å²) in [5, 5.41) is 3.00. The molecule has 0 heterocycles.